The Morgan fingerprint density at radius 2 is 0.966 bits per heavy atom. The Morgan fingerprint density at radius 1 is 0.508 bits per heavy atom. The fourth-order valence-corrected chi connectivity index (χ4v) is 6.23. The number of unbranched alkanes of at least 4 members (excludes halogenated alkanes) is 9. The van der Waals surface area contributed by atoms with Crippen LogP contribution >= 0.6 is 15.6 Å². The third-order valence-corrected chi connectivity index (χ3v) is 9.71. The second-order valence-corrected chi connectivity index (χ2v) is 16.6. The van der Waals surface area contributed by atoms with Gasteiger partial charge in [0.25, 0.3) is 0 Å². The fraction of sp³-hybridized carbons (Fsp3) is 0.636. The number of aliphatic hydroxyl groups is 1. The third kappa shape index (κ3) is 43.2. The first-order valence-corrected chi connectivity index (χ1v) is 24.3. The molecule has 0 fully saturated rings. The second-order valence-electron chi connectivity index (χ2n) is 13.9. The predicted octanol–water partition coefficient (Wildman–Crippen LogP) is 10.8. The minimum Gasteiger partial charge on any atom is -0.462 e. The van der Waals surface area contributed by atoms with Gasteiger partial charge in [-0.25, -0.2) is 9.13 Å². The summed E-state index contributed by atoms with van der Waals surface area (Å²) in [5, 5.41) is 9.73. The van der Waals surface area contributed by atoms with Crippen molar-refractivity contribution in [1.82, 2.24) is 0 Å². The molecule has 13 nitrogen and oxygen atoms in total. The molecule has 3 unspecified atom stereocenters. The maximum Gasteiger partial charge on any atom is 0.472 e. The lowest BCUT2D eigenvalue weighted by Crippen LogP contribution is -2.29. The first-order chi connectivity index (χ1) is 28.4. The van der Waals surface area contributed by atoms with Crippen molar-refractivity contribution < 1.29 is 61.6 Å². The minimum atomic E-state index is -4.87. The third-order valence-electron chi connectivity index (χ3n) is 8.27. The Morgan fingerprint density at radius 3 is 1.51 bits per heavy atom. The number of hydrogen-bond acceptors (Lipinski definition) is 10. The van der Waals surface area contributed by atoms with Crippen molar-refractivity contribution in [2.75, 3.05) is 26.4 Å². The number of allylic oxidation sites excluding steroid dienone is 14. The van der Waals surface area contributed by atoms with Gasteiger partial charge in [-0.15, -0.1) is 0 Å². The second kappa shape index (κ2) is 39.4. The summed E-state index contributed by atoms with van der Waals surface area (Å²) in [7, 11) is -9.70. The van der Waals surface area contributed by atoms with Gasteiger partial charge in [0.1, 0.15) is 12.7 Å². The molecular weight excluding hydrogens is 798 g/mol. The van der Waals surface area contributed by atoms with Crippen molar-refractivity contribution in [3.63, 3.8) is 0 Å². The van der Waals surface area contributed by atoms with Crippen LogP contribution in [-0.4, -0.2) is 70.4 Å². The SMILES string of the molecule is CCC=CCC=CCC=CCC=CCC=CCC=CCCC(=O)OC(COC(=O)CCCCCCCC=CCCCCCC)COP(=O)(O)OCC(O)COP(=O)(O)O. The van der Waals surface area contributed by atoms with E-state index in [4.69, 9.17) is 23.8 Å². The monoisotopic (exact) mass is 872 g/mol. The van der Waals surface area contributed by atoms with Crippen LogP contribution in [0.15, 0.2) is 85.1 Å². The van der Waals surface area contributed by atoms with Gasteiger partial charge in [-0.3, -0.25) is 23.2 Å². The van der Waals surface area contributed by atoms with E-state index in [9.17, 15) is 28.7 Å². The zero-order valence-electron chi connectivity index (χ0n) is 35.6. The molecule has 0 saturated heterocycles. The molecule has 3 atom stereocenters. The van der Waals surface area contributed by atoms with Crippen LogP contribution in [-0.2, 0) is 41.8 Å². The molecule has 0 amide bonds. The minimum absolute atomic E-state index is 0.000408. The van der Waals surface area contributed by atoms with Gasteiger partial charge in [0, 0.05) is 12.8 Å². The van der Waals surface area contributed by atoms with Gasteiger partial charge >= 0.3 is 27.6 Å². The van der Waals surface area contributed by atoms with Crippen LogP contribution in [0.2, 0.25) is 0 Å². The predicted molar refractivity (Wildman–Crippen MR) is 234 cm³/mol. The molecule has 0 aliphatic heterocycles. The molecule has 0 aliphatic rings. The lowest BCUT2D eigenvalue weighted by Gasteiger charge is -2.20. The van der Waals surface area contributed by atoms with Crippen LogP contribution in [0.3, 0.4) is 0 Å². The van der Waals surface area contributed by atoms with Crippen molar-refractivity contribution in [3.8, 4) is 0 Å². The van der Waals surface area contributed by atoms with Crippen molar-refractivity contribution >= 4 is 27.6 Å². The highest BCUT2D eigenvalue weighted by Crippen LogP contribution is 2.43. The highest BCUT2D eigenvalue weighted by molar-refractivity contribution is 7.47. The summed E-state index contributed by atoms with van der Waals surface area (Å²) in [5.41, 5.74) is 0. The van der Waals surface area contributed by atoms with Gasteiger partial charge in [0.05, 0.1) is 19.8 Å². The molecule has 59 heavy (non-hydrogen) atoms. The summed E-state index contributed by atoms with van der Waals surface area (Å²) in [4.78, 5) is 52.6. The molecule has 0 bridgehead atoms. The fourth-order valence-electron chi connectivity index (χ4n) is 5.07. The maximum atomic E-state index is 12.6. The van der Waals surface area contributed by atoms with E-state index >= 15 is 0 Å². The Balaban J connectivity index is 4.69. The largest absolute Gasteiger partial charge is 0.472 e. The Hall–Kier alpha value is -2.70. The van der Waals surface area contributed by atoms with Crippen LogP contribution in [0, 0.1) is 0 Å². The van der Waals surface area contributed by atoms with Crippen LogP contribution in [0.5, 0.6) is 0 Å². The molecule has 0 spiro atoms. The summed E-state index contributed by atoms with van der Waals surface area (Å²) >= 11 is 0. The van der Waals surface area contributed by atoms with Crippen molar-refractivity contribution in [2.24, 2.45) is 0 Å². The molecule has 0 saturated carbocycles. The van der Waals surface area contributed by atoms with Gasteiger partial charge in [0.15, 0.2) is 6.10 Å². The van der Waals surface area contributed by atoms with Crippen LogP contribution in [0.25, 0.3) is 0 Å². The molecule has 0 heterocycles. The van der Waals surface area contributed by atoms with E-state index in [1.807, 2.05) is 18.2 Å². The van der Waals surface area contributed by atoms with E-state index in [2.05, 4.69) is 89.7 Å². The topological polar surface area (TPSA) is 195 Å². The van der Waals surface area contributed by atoms with E-state index < -0.39 is 66.2 Å². The number of hydrogen-bond donors (Lipinski definition) is 4. The number of aliphatic hydroxyl groups excluding tert-OH is 1. The molecule has 15 heteroatoms. The van der Waals surface area contributed by atoms with E-state index in [0.717, 1.165) is 70.6 Å². The lowest BCUT2D eigenvalue weighted by atomic mass is 10.1. The summed E-state index contributed by atoms with van der Waals surface area (Å²) in [5.74, 6) is -1.15. The van der Waals surface area contributed by atoms with Crippen LogP contribution in [0.1, 0.15) is 142 Å². The van der Waals surface area contributed by atoms with Crippen LogP contribution in [0.4, 0.5) is 0 Å². The Labute approximate surface area is 354 Å². The Kier molecular flexibility index (Phi) is 37.6. The molecule has 4 N–H and O–H groups in total. The van der Waals surface area contributed by atoms with E-state index in [0.29, 0.717) is 19.3 Å². The number of phosphoric ester groups is 2. The van der Waals surface area contributed by atoms with Crippen molar-refractivity contribution in [3.05, 3.63) is 85.1 Å². The molecule has 0 aromatic heterocycles. The normalized spacial score (nSPS) is 14.9. The zero-order chi connectivity index (χ0) is 43.7. The number of carbonyl (C=O) groups excluding carboxylic acids is 2. The first-order valence-electron chi connectivity index (χ1n) is 21.3. The van der Waals surface area contributed by atoms with Crippen LogP contribution < -0.4 is 0 Å². The molecule has 0 rings (SSSR count). The van der Waals surface area contributed by atoms with E-state index in [1.165, 1.54) is 25.7 Å². The van der Waals surface area contributed by atoms with Gasteiger partial charge in [0.2, 0.25) is 0 Å². The molecule has 0 aromatic rings. The standard InChI is InChI=1S/C44H74O13P2/c1-3-5-7-9-11-13-15-17-18-19-20-21-22-24-26-28-30-32-34-36-44(47)57-42(40-56-59(51,52)55-38-41(45)37-54-58(48,49)50)39-53-43(46)35-33-31-29-27-25-23-16-14-12-10-8-6-4-2/h5,7,11,13-14,16-18,20-21,24,26,30,32,41-42,45H,3-4,6,8-10,12,15,19,22-23,25,27-29,31,33-40H2,1-2H3,(H,51,52)(H2,48,49,50). The summed E-state index contributed by atoms with van der Waals surface area (Å²) in [6.07, 6.45) is 44.5. The number of phosphoric acid groups is 2. The van der Waals surface area contributed by atoms with E-state index in [-0.39, 0.29) is 12.8 Å². The number of rotatable bonds is 39. The average molecular weight is 873 g/mol. The van der Waals surface area contributed by atoms with E-state index in [1.54, 1.807) is 0 Å². The highest BCUT2D eigenvalue weighted by Gasteiger charge is 2.28. The van der Waals surface area contributed by atoms with Gasteiger partial charge in [-0.2, -0.15) is 0 Å². The van der Waals surface area contributed by atoms with Crippen molar-refractivity contribution in [2.45, 2.75) is 154 Å². The van der Waals surface area contributed by atoms with Gasteiger partial charge < -0.3 is 29.3 Å². The molecular formula is C44H74O13P2. The molecule has 338 valence electrons. The zero-order valence-corrected chi connectivity index (χ0v) is 37.4. The van der Waals surface area contributed by atoms with Crippen molar-refractivity contribution in [1.29, 1.82) is 0 Å². The quantitative estimate of drug-likeness (QED) is 0.0197. The lowest BCUT2D eigenvalue weighted by molar-refractivity contribution is -0.161. The summed E-state index contributed by atoms with van der Waals surface area (Å²) in [6, 6.07) is 0. The van der Waals surface area contributed by atoms with Gasteiger partial charge in [-0.1, -0.05) is 137 Å². The first kappa shape index (κ1) is 56.3. The Bertz CT molecular complexity index is 1360. The number of esters is 2. The average Bonchev–Trinajstić information content (AvgIpc) is 3.19. The molecule has 0 aliphatic carbocycles. The highest BCUT2D eigenvalue weighted by atomic mass is 31.2. The van der Waals surface area contributed by atoms with Gasteiger partial charge in [-0.05, 0) is 77.0 Å². The maximum absolute atomic E-state index is 12.6. The number of ether oxygens (including phenoxy) is 2. The smallest absolute Gasteiger partial charge is 0.462 e. The summed E-state index contributed by atoms with van der Waals surface area (Å²) < 4.78 is 47.6. The molecule has 0 radical (unpaired) electrons. The number of carbonyl (C=O) groups is 2. The summed E-state index contributed by atoms with van der Waals surface area (Å²) in [6.45, 7) is 1.52. The molecule has 0 aromatic carbocycles.